The quantitative estimate of drug-likeness (QED) is 0.762. The van der Waals surface area contributed by atoms with Crippen LogP contribution in [0, 0.1) is 5.92 Å². The highest BCUT2D eigenvalue weighted by atomic mass is 16.5. The number of methoxy groups -OCH3 is 1. The highest BCUT2D eigenvalue weighted by Crippen LogP contribution is 2.24. The Kier molecular flexibility index (Phi) is 5.60. The van der Waals surface area contributed by atoms with Crippen LogP contribution in [0.1, 0.15) is 46.5 Å². The topological polar surface area (TPSA) is 55.6 Å². The fraction of sp³-hybridized carbons (Fsp3) is 0.929. The first-order chi connectivity index (χ1) is 8.40. The molecule has 1 rings (SSSR count). The number of carbonyl (C=O) groups excluding carboxylic acids is 1. The van der Waals surface area contributed by atoms with Gasteiger partial charge >= 0.3 is 5.97 Å². The van der Waals surface area contributed by atoms with Crippen molar-refractivity contribution in [2.24, 2.45) is 11.7 Å². The second-order valence-corrected chi connectivity index (χ2v) is 5.87. The minimum Gasteiger partial charge on any atom is -0.468 e. The zero-order valence-corrected chi connectivity index (χ0v) is 12.2. The summed E-state index contributed by atoms with van der Waals surface area (Å²) in [7, 11) is 1.39. The molecule has 1 heterocycles. The van der Waals surface area contributed by atoms with E-state index in [2.05, 4.69) is 18.7 Å². The van der Waals surface area contributed by atoms with Gasteiger partial charge in [0.25, 0.3) is 0 Å². The molecule has 18 heavy (non-hydrogen) atoms. The monoisotopic (exact) mass is 256 g/mol. The van der Waals surface area contributed by atoms with Gasteiger partial charge in [-0.3, -0.25) is 4.79 Å². The van der Waals surface area contributed by atoms with Gasteiger partial charge in [0.15, 0.2) is 0 Å². The van der Waals surface area contributed by atoms with Crippen LogP contribution in [0.5, 0.6) is 0 Å². The third kappa shape index (κ3) is 3.95. The standard InChI is InChI=1S/C14H28N2O2/c1-5-12-7-6-8-16(10-12)11(2)9-14(3,15)13(17)18-4/h11-12H,5-10,15H2,1-4H3. The Morgan fingerprint density at radius 1 is 1.61 bits per heavy atom. The SMILES string of the molecule is CCC1CCCN(C(C)CC(C)(N)C(=O)OC)C1. The first-order valence-electron chi connectivity index (χ1n) is 7.02. The van der Waals surface area contributed by atoms with Gasteiger partial charge in [-0.2, -0.15) is 0 Å². The number of likely N-dealkylation sites (tertiary alicyclic amines) is 1. The summed E-state index contributed by atoms with van der Waals surface area (Å²) in [5.41, 5.74) is 5.16. The summed E-state index contributed by atoms with van der Waals surface area (Å²) in [6, 6.07) is 0.327. The van der Waals surface area contributed by atoms with E-state index >= 15 is 0 Å². The van der Waals surface area contributed by atoms with Gasteiger partial charge in [-0.25, -0.2) is 0 Å². The van der Waals surface area contributed by atoms with Gasteiger partial charge < -0.3 is 15.4 Å². The van der Waals surface area contributed by atoms with Crippen molar-refractivity contribution in [1.29, 1.82) is 0 Å². The lowest BCUT2D eigenvalue weighted by Gasteiger charge is -2.38. The first kappa shape index (κ1) is 15.4. The molecule has 1 aliphatic rings. The third-order valence-electron chi connectivity index (χ3n) is 4.12. The van der Waals surface area contributed by atoms with Crippen molar-refractivity contribution >= 4 is 5.97 Å². The Bertz CT molecular complexity index is 279. The molecule has 0 amide bonds. The molecule has 0 aromatic rings. The van der Waals surface area contributed by atoms with Crippen LogP contribution in [0.25, 0.3) is 0 Å². The first-order valence-corrected chi connectivity index (χ1v) is 7.02. The third-order valence-corrected chi connectivity index (χ3v) is 4.12. The molecule has 3 atom stereocenters. The molecule has 0 aromatic carbocycles. The number of carbonyl (C=O) groups is 1. The van der Waals surface area contributed by atoms with E-state index in [0.717, 1.165) is 19.0 Å². The fourth-order valence-electron chi connectivity index (χ4n) is 2.89. The smallest absolute Gasteiger partial charge is 0.325 e. The number of hydrogen-bond donors (Lipinski definition) is 1. The summed E-state index contributed by atoms with van der Waals surface area (Å²) < 4.78 is 4.76. The maximum Gasteiger partial charge on any atom is 0.325 e. The van der Waals surface area contributed by atoms with E-state index in [1.807, 2.05) is 0 Å². The van der Waals surface area contributed by atoms with E-state index in [4.69, 9.17) is 10.5 Å². The predicted octanol–water partition coefficient (Wildman–Crippen LogP) is 1.78. The van der Waals surface area contributed by atoms with E-state index in [0.29, 0.717) is 12.5 Å². The molecule has 0 spiro atoms. The minimum absolute atomic E-state index is 0.321. The number of ether oxygens (including phenoxy) is 1. The summed E-state index contributed by atoms with van der Waals surface area (Å²) in [5, 5.41) is 0. The van der Waals surface area contributed by atoms with Crippen LogP contribution in [-0.4, -0.2) is 42.6 Å². The second kappa shape index (κ2) is 6.53. The molecule has 2 N–H and O–H groups in total. The lowest BCUT2D eigenvalue weighted by atomic mass is 9.90. The lowest BCUT2D eigenvalue weighted by Crippen LogP contribution is -2.52. The Balaban J connectivity index is 2.54. The summed E-state index contributed by atoms with van der Waals surface area (Å²) in [6.45, 7) is 8.42. The molecule has 3 unspecified atom stereocenters. The zero-order valence-electron chi connectivity index (χ0n) is 12.2. The largest absolute Gasteiger partial charge is 0.468 e. The van der Waals surface area contributed by atoms with Gasteiger partial charge in [-0.05, 0) is 45.6 Å². The summed E-state index contributed by atoms with van der Waals surface area (Å²) in [5.74, 6) is 0.474. The van der Waals surface area contributed by atoms with Gasteiger partial charge in [0.2, 0.25) is 0 Å². The molecular formula is C14H28N2O2. The van der Waals surface area contributed by atoms with E-state index < -0.39 is 5.54 Å². The zero-order chi connectivity index (χ0) is 13.8. The molecule has 0 aromatic heterocycles. The van der Waals surface area contributed by atoms with Gasteiger partial charge in [0.05, 0.1) is 7.11 Å². The van der Waals surface area contributed by atoms with Crippen molar-refractivity contribution < 1.29 is 9.53 Å². The molecule has 1 fully saturated rings. The van der Waals surface area contributed by atoms with E-state index in [-0.39, 0.29) is 5.97 Å². The molecule has 0 saturated carbocycles. The minimum atomic E-state index is -0.882. The van der Waals surface area contributed by atoms with Crippen molar-refractivity contribution in [3.63, 3.8) is 0 Å². The number of rotatable bonds is 5. The Morgan fingerprint density at radius 2 is 2.28 bits per heavy atom. The number of nitrogens with zero attached hydrogens (tertiary/aromatic N) is 1. The lowest BCUT2D eigenvalue weighted by molar-refractivity contribution is -0.147. The molecule has 1 aliphatic heterocycles. The van der Waals surface area contributed by atoms with Gasteiger partial charge in [-0.1, -0.05) is 13.3 Å². The maximum atomic E-state index is 11.6. The number of piperidine rings is 1. The van der Waals surface area contributed by atoms with Crippen molar-refractivity contribution in [2.45, 2.75) is 58.0 Å². The highest BCUT2D eigenvalue weighted by molar-refractivity contribution is 5.79. The van der Waals surface area contributed by atoms with Crippen LogP contribution < -0.4 is 5.73 Å². The maximum absolute atomic E-state index is 11.6. The molecule has 0 aliphatic carbocycles. The number of hydrogen-bond acceptors (Lipinski definition) is 4. The summed E-state index contributed by atoms with van der Waals surface area (Å²) >= 11 is 0. The molecule has 1 saturated heterocycles. The molecular weight excluding hydrogens is 228 g/mol. The normalized spacial score (nSPS) is 26.4. The van der Waals surface area contributed by atoms with Gasteiger partial charge in [0, 0.05) is 12.6 Å². The number of nitrogens with two attached hydrogens (primary N) is 1. The average Bonchev–Trinajstić information content (AvgIpc) is 2.37. The van der Waals surface area contributed by atoms with Crippen LogP contribution in [-0.2, 0) is 9.53 Å². The molecule has 4 nitrogen and oxygen atoms in total. The van der Waals surface area contributed by atoms with E-state index in [1.54, 1.807) is 6.92 Å². The number of esters is 1. The Hall–Kier alpha value is -0.610. The van der Waals surface area contributed by atoms with Crippen LogP contribution in [0.15, 0.2) is 0 Å². The van der Waals surface area contributed by atoms with Gasteiger partial charge in [0.1, 0.15) is 5.54 Å². The molecule has 106 valence electrons. The van der Waals surface area contributed by atoms with Crippen LogP contribution in [0.4, 0.5) is 0 Å². The second-order valence-electron chi connectivity index (χ2n) is 5.87. The molecule has 4 heteroatoms. The fourth-order valence-corrected chi connectivity index (χ4v) is 2.89. The highest BCUT2D eigenvalue weighted by Gasteiger charge is 2.34. The van der Waals surface area contributed by atoms with Crippen molar-refractivity contribution in [2.75, 3.05) is 20.2 Å². The molecule has 0 radical (unpaired) electrons. The van der Waals surface area contributed by atoms with Gasteiger partial charge in [-0.15, -0.1) is 0 Å². The average molecular weight is 256 g/mol. The van der Waals surface area contributed by atoms with E-state index in [1.165, 1.54) is 26.4 Å². The van der Waals surface area contributed by atoms with Crippen molar-refractivity contribution in [1.82, 2.24) is 4.90 Å². The predicted molar refractivity (Wildman–Crippen MR) is 73.3 cm³/mol. The summed E-state index contributed by atoms with van der Waals surface area (Å²) in [6.07, 6.45) is 4.47. The van der Waals surface area contributed by atoms with Crippen molar-refractivity contribution in [3.8, 4) is 0 Å². The molecule has 0 bridgehead atoms. The van der Waals surface area contributed by atoms with E-state index in [9.17, 15) is 4.79 Å². The van der Waals surface area contributed by atoms with Crippen LogP contribution in [0.3, 0.4) is 0 Å². The summed E-state index contributed by atoms with van der Waals surface area (Å²) in [4.78, 5) is 14.1. The van der Waals surface area contributed by atoms with Crippen molar-refractivity contribution in [3.05, 3.63) is 0 Å². The Labute approximate surface area is 111 Å². The van der Waals surface area contributed by atoms with Crippen LogP contribution >= 0.6 is 0 Å². The Morgan fingerprint density at radius 3 is 2.83 bits per heavy atom. The van der Waals surface area contributed by atoms with Crippen LogP contribution in [0.2, 0.25) is 0 Å².